The Labute approximate surface area is 118 Å². The van der Waals surface area contributed by atoms with Crippen molar-refractivity contribution >= 4 is 5.69 Å². The molecule has 5 nitrogen and oxygen atoms in total. The van der Waals surface area contributed by atoms with E-state index in [0.717, 1.165) is 0 Å². The van der Waals surface area contributed by atoms with E-state index in [1.807, 2.05) is 0 Å². The minimum atomic E-state index is -0.341. The van der Waals surface area contributed by atoms with Gasteiger partial charge in [0.15, 0.2) is 5.82 Å². The van der Waals surface area contributed by atoms with Gasteiger partial charge < -0.3 is 5.73 Å². The first kappa shape index (κ1) is 14.4. The molecule has 2 rings (SSSR count). The molecular formula is C14H20FN5. The van der Waals surface area contributed by atoms with Crippen LogP contribution in [0.15, 0.2) is 12.1 Å². The summed E-state index contributed by atoms with van der Waals surface area (Å²) in [6, 6.07) is 3.13. The van der Waals surface area contributed by atoms with Gasteiger partial charge in [0.1, 0.15) is 5.82 Å². The Bertz CT molecular complexity index is 582. The first-order chi connectivity index (χ1) is 9.40. The van der Waals surface area contributed by atoms with Crippen LogP contribution in [-0.4, -0.2) is 20.2 Å². The summed E-state index contributed by atoms with van der Waals surface area (Å²) in [5.41, 5.74) is 7.27. The molecule has 1 aromatic heterocycles. The standard InChI is InChI=1S/C14H20FN5/c1-8(2)9(3)7-20-14(17-18-19-20)11-5-12(15)10(4)13(16)6-11/h5-6,8-9H,7,16H2,1-4H3. The highest BCUT2D eigenvalue weighted by molar-refractivity contribution is 5.63. The van der Waals surface area contributed by atoms with Gasteiger partial charge in [0.05, 0.1) is 0 Å². The quantitative estimate of drug-likeness (QED) is 0.872. The van der Waals surface area contributed by atoms with Crippen LogP contribution in [0.1, 0.15) is 26.3 Å². The third-order valence-corrected chi connectivity index (χ3v) is 3.77. The van der Waals surface area contributed by atoms with Crippen LogP contribution in [0, 0.1) is 24.6 Å². The van der Waals surface area contributed by atoms with E-state index in [9.17, 15) is 4.39 Å². The van der Waals surface area contributed by atoms with Gasteiger partial charge in [-0.15, -0.1) is 5.10 Å². The second-order valence-corrected chi connectivity index (χ2v) is 5.58. The molecule has 0 aliphatic carbocycles. The number of rotatable bonds is 4. The predicted molar refractivity (Wildman–Crippen MR) is 76.4 cm³/mol. The number of hydrogen-bond donors (Lipinski definition) is 1. The summed E-state index contributed by atoms with van der Waals surface area (Å²) in [6.07, 6.45) is 0. The van der Waals surface area contributed by atoms with Gasteiger partial charge in [-0.3, -0.25) is 0 Å². The molecule has 0 aliphatic rings. The molecule has 0 bridgehead atoms. The first-order valence-electron chi connectivity index (χ1n) is 6.72. The Morgan fingerprint density at radius 1 is 1.30 bits per heavy atom. The fraction of sp³-hybridized carbons (Fsp3) is 0.500. The minimum Gasteiger partial charge on any atom is -0.398 e. The molecule has 6 heteroatoms. The maximum absolute atomic E-state index is 13.8. The van der Waals surface area contributed by atoms with Gasteiger partial charge in [0.2, 0.25) is 0 Å². The number of nitrogens with zero attached hydrogens (tertiary/aromatic N) is 4. The van der Waals surface area contributed by atoms with E-state index < -0.39 is 0 Å². The highest BCUT2D eigenvalue weighted by atomic mass is 19.1. The molecular weight excluding hydrogens is 257 g/mol. The molecule has 1 unspecified atom stereocenters. The summed E-state index contributed by atoms with van der Waals surface area (Å²) in [5, 5.41) is 11.7. The van der Waals surface area contributed by atoms with Crippen LogP contribution in [0.5, 0.6) is 0 Å². The smallest absolute Gasteiger partial charge is 0.182 e. The number of aromatic nitrogens is 4. The van der Waals surface area contributed by atoms with Crippen molar-refractivity contribution in [1.29, 1.82) is 0 Å². The average Bonchev–Trinajstić information content (AvgIpc) is 2.83. The van der Waals surface area contributed by atoms with Crippen LogP contribution >= 0.6 is 0 Å². The maximum Gasteiger partial charge on any atom is 0.182 e. The summed E-state index contributed by atoms with van der Waals surface area (Å²) in [4.78, 5) is 0. The van der Waals surface area contributed by atoms with E-state index in [2.05, 4.69) is 36.3 Å². The van der Waals surface area contributed by atoms with Crippen LogP contribution in [0.25, 0.3) is 11.4 Å². The molecule has 0 saturated carbocycles. The summed E-state index contributed by atoms with van der Waals surface area (Å²) in [6.45, 7) is 8.78. The van der Waals surface area contributed by atoms with Gasteiger partial charge in [-0.2, -0.15) is 0 Å². The largest absolute Gasteiger partial charge is 0.398 e. The highest BCUT2D eigenvalue weighted by Crippen LogP contribution is 2.25. The van der Waals surface area contributed by atoms with Gasteiger partial charge >= 0.3 is 0 Å². The molecule has 1 aromatic carbocycles. The zero-order valence-corrected chi connectivity index (χ0v) is 12.3. The van der Waals surface area contributed by atoms with Crippen LogP contribution in [-0.2, 0) is 6.54 Å². The highest BCUT2D eigenvalue weighted by Gasteiger charge is 2.16. The van der Waals surface area contributed by atoms with Crippen LogP contribution in [0.2, 0.25) is 0 Å². The zero-order chi connectivity index (χ0) is 14.9. The van der Waals surface area contributed by atoms with Gasteiger partial charge in [0, 0.05) is 23.4 Å². The second-order valence-electron chi connectivity index (χ2n) is 5.58. The number of hydrogen-bond acceptors (Lipinski definition) is 4. The van der Waals surface area contributed by atoms with Crippen molar-refractivity contribution in [1.82, 2.24) is 20.2 Å². The molecule has 0 aliphatic heterocycles. The molecule has 0 radical (unpaired) electrons. The molecule has 2 N–H and O–H groups in total. The van der Waals surface area contributed by atoms with Crippen molar-refractivity contribution < 1.29 is 4.39 Å². The number of halogens is 1. The number of anilines is 1. The summed E-state index contributed by atoms with van der Waals surface area (Å²) >= 11 is 0. The predicted octanol–water partition coefficient (Wildman–Crippen LogP) is 2.66. The number of nitrogen functional groups attached to an aromatic ring is 1. The molecule has 2 aromatic rings. The Morgan fingerprint density at radius 2 is 2.00 bits per heavy atom. The van der Waals surface area contributed by atoms with E-state index >= 15 is 0 Å². The Morgan fingerprint density at radius 3 is 2.60 bits per heavy atom. The van der Waals surface area contributed by atoms with Crippen LogP contribution < -0.4 is 5.73 Å². The topological polar surface area (TPSA) is 69.6 Å². The molecule has 0 fully saturated rings. The van der Waals surface area contributed by atoms with E-state index in [-0.39, 0.29) is 5.82 Å². The van der Waals surface area contributed by atoms with Crippen molar-refractivity contribution in [2.45, 2.75) is 34.2 Å². The first-order valence-corrected chi connectivity index (χ1v) is 6.72. The lowest BCUT2D eigenvalue weighted by Gasteiger charge is -2.16. The summed E-state index contributed by atoms with van der Waals surface area (Å²) in [7, 11) is 0. The third kappa shape index (κ3) is 2.79. The molecule has 108 valence electrons. The lowest BCUT2D eigenvalue weighted by molar-refractivity contribution is 0.347. The van der Waals surface area contributed by atoms with Crippen molar-refractivity contribution in [2.24, 2.45) is 11.8 Å². The van der Waals surface area contributed by atoms with Gasteiger partial charge in [0.25, 0.3) is 0 Å². The second kappa shape index (κ2) is 5.56. The molecule has 0 spiro atoms. The minimum absolute atomic E-state index is 0.341. The Hall–Kier alpha value is -1.98. The molecule has 0 amide bonds. The monoisotopic (exact) mass is 277 g/mol. The van der Waals surface area contributed by atoms with Gasteiger partial charge in [-0.25, -0.2) is 9.07 Å². The Kier molecular flexibility index (Phi) is 4.01. The van der Waals surface area contributed by atoms with E-state index in [1.54, 1.807) is 17.7 Å². The van der Waals surface area contributed by atoms with Crippen LogP contribution in [0.4, 0.5) is 10.1 Å². The molecule has 20 heavy (non-hydrogen) atoms. The summed E-state index contributed by atoms with van der Waals surface area (Å²) < 4.78 is 15.5. The van der Waals surface area contributed by atoms with E-state index in [1.165, 1.54) is 6.07 Å². The van der Waals surface area contributed by atoms with Gasteiger partial charge in [-0.05, 0) is 41.3 Å². The number of tetrazole rings is 1. The lowest BCUT2D eigenvalue weighted by Crippen LogP contribution is -2.15. The third-order valence-electron chi connectivity index (χ3n) is 3.77. The molecule has 0 saturated heterocycles. The zero-order valence-electron chi connectivity index (χ0n) is 12.3. The Balaban J connectivity index is 2.37. The van der Waals surface area contributed by atoms with Crippen molar-refractivity contribution in [3.63, 3.8) is 0 Å². The molecule has 1 atom stereocenters. The fourth-order valence-corrected chi connectivity index (χ4v) is 1.85. The van der Waals surface area contributed by atoms with Crippen molar-refractivity contribution in [2.75, 3.05) is 5.73 Å². The van der Waals surface area contributed by atoms with Crippen molar-refractivity contribution in [3.8, 4) is 11.4 Å². The van der Waals surface area contributed by atoms with Crippen LogP contribution in [0.3, 0.4) is 0 Å². The SMILES string of the molecule is Cc1c(N)cc(-c2nnnn2CC(C)C(C)C)cc1F. The fourth-order valence-electron chi connectivity index (χ4n) is 1.85. The summed E-state index contributed by atoms with van der Waals surface area (Å²) in [5.74, 6) is 1.14. The van der Waals surface area contributed by atoms with Gasteiger partial charge in [-0.1, -0.05) is 20.8 Å². The normalized spacial score (nSPS) is 12.9. The average molecular weight is 277 g/mol. The lowest BCUT2D eigenvalue weighted by atomic mass is 9.98. The van der Waals surface area contributed by atoms with Crippen molar-refractivity contribution in [3.05, 3.63) is 23.5 Å². The maximum atomic E-state index is 13.8. The van der Waals surface area contributed by atoms with E-state index in [4.69, 9.17) is 5.73 Å². The molecule has 1 heterocycles. The number of nitrogens with two attached hydrogens (primary N) is 1. The number of benzene rings is 1. The van der Waals surface area contributed by atoms with E-state index in [0.29, 0.717) is 41.0 Å².